The minimum absolute atomic E-state index is 0.0853. The van der Waals surface area contributed by atoms with E-state index in [1.165, 1.54) is 12.8 Å². The molecule has 0 radical (unpaired) electrons. The third-order valence-corrected chi connectivity index (χ3v) is 4.67. The molecule has 0 bridgehead atoms. The molecule has 98 valence electrons. The lowest BCUT2D eigenvalue weighted by atomic mass is 9.73. The SMILES string of the molecule is CC(C)C1CC(NC2CCC(C(=O)O)CC2)C1. The van der Waals surface area contributed by atoms with E-state index in [1.54, 1.807) is 0 Å². The number of aliphatic carboxylic acids is 1. The van der Waals surface area contributed by atoms with Gasteiger partial charge in [0.2, 0.25) is 0 Å². The van der Waals surface area contributed by atoms with Crippen molar-refractivity contribution >= 4 is 5.97 Å². The van der Waals surface area contributed by atoms with Crippen LogP contribution in [0.4, 0.5) is 0 Å². The molecular formula is C14H25NO2. The van der Waals surface area contributed by atoms with Gasteiger partial charge in [0.15, 0.2) is 0 Å². The third kappa shape index (κ3) is 3.21. The summed E-state index contributed by atoms with van der Waals surface area (Å²) in [6.45, 7) is 4.61. The zero-order valence-corrected chi connectivity index (χ0v) is 11.0. The van der Waals surface area contributed by atoms with Gasteiger partial charge in [-0.1, -0.05) is 13.8 Å². The number of carbonyl (C=O) groups is 1. The van der Waals surface area contributed by atoms with Crippen LogP contribution in [0.15, 0.2) is 0 Å². The molecule has 0 aromatic carbocycles. The Morgan fingerprint density at radius 3 is 2.18 bits per heavy atom. The molecule has 3 nitrogen and oxygen atoms in total. The van der Waals surface area contributed by atoms with E-state index >= 15 is 0 Å². The predicted molar refractivity (Wildman–Crippen MR) is 67.9 cm³/mol. The second kappa shape index (κ2) is 5.38. The Morgan fingerprint density at radius 1 is 1.12 bits per heavy atom. The van der Waals surface area contributed by atoms with Crippen LogP contribution >= 0.6 is 0 Å². The number of nitrogens with one attached hydrogen (secondary N) is 1. The van der Waals surface area contributed by atoms with Gasteiger partial charge in [-0.25, -0.2) is 0 Å². The van der Waals surface area contributed by atoms with Gasteiger partial charge in [-0.15, -0.1) is 0 Å². The maximum Gasteiger partial charge on any atom is 0.306 e. The van der Waals surface area contributed by atoms with E-state index in [0.717, 1.165) is 37.5 Å². The normalized spacial score (nSPS) is 37.8. The molecule has 2 N–H and O–H groups in total. The van der Waals surface area contributed by atoms with Crippen LogP contribution in [-0.4, -0.2) is 23.2 Å². The van der Waals surface area contributed by atoms with E-state index < -0.39 is 5.97 Å². The highest BCUT2D eigenvalue weighted by molar-refractivity contribution is 5.70. The molecular weight excluding hydrogens is 214 g/mol. The van der Waals surface area contributed by atoms with Crippen molar-refractivity contribution in [3.05, 3.63) is 0 Å². The van der Waals surface area contributed by atoms with Gasteiger partial charge in [0.1, 0.15) is 0 Å². The van der Waals surface area contributed by atoms with Crippen LogP contribution in [0.3, 0.4) is 0 Å². The Balaban J connectivity index is 1.65. The summed E-state index contributed by atoms with van der Waals surface area (Å²) in [5.74, 6) is 1.03. The van der Waals surface area contributed by atoms with Gasteiger partial charge in [-0.05, 0) is 50.4 Å². The summed E-state index contributed by atoms with van der Waals surface area (Å²) < 4.78 is 0. The van der Waals surface area contributed by atoms with E-state index in [2.05, 4.69) is 19.2 Å². The summed E-state index contributed by atoms with van der Waals surface area (Å²) >= 11 is 0. The van der Waals surface area contributed by atoms with E-state index in [4.69, 9.17) is 5.11 Å². The van der Waals surface area contributed by atoms with Crippen LogP contribution in [-0.2, 0) is 4.79 Å². The van der Waals surface area contributed by atoms with Crippen molar-refractivity contribution in [2.45, 2.75) is 64.5 Å². The largest absolute Gasteiger partial charge is 0.481 e. The van der Waals surface area contributed by atoms with Crippen LogP contribution in [0.25, 0.3) is 0 Å². The van der Waals surface area contributed by atoms with Crippen LogP contribution in [0.2, 0.25) is 0 Å². The average Bonchev–Trinajstić information content (AvgIpc) is 2.23. The standard InChI is InChI=1S/C14H25NO2/c1-9(2)11-7-13(8-11)15-12-5-3-10(4-6-12)14(16)17/h9-13,15H,3-8H2,1-2H3,(H,16,17). The Hall–Kier alpha value is -0.570. The van der Waals surface area contributed by atoms with Gasteiger partial charge in [-0.3, -0.25) is 4.79 Å². The molecule has 0 aromatic rings. The van der Waals surface area contributed by atoms with Gasteiger partial charge < -0.3 is 10.4 Å². The summed E-state index contributed by atoms with van der Waals surface area (Å²) in [6, 6.07) is 1.28. The second-order valence-electron chi connectivity index (χ2n) is 6.23. The first kappa shape index (κ1) is 12.9. The van der Waals surface area contributed by atoms with Crippen LogP contribution in [0.5, 0.6) is 0 Å². The summed E-state index contributed by atoms with van der Waals surface area (Å²) in [4.78, 5) is 10.8. The molecule has 0 saturated heterocycles. The van der Waals surface area contributed by atoms with Crippen LogP contribution in [0.1, 0.15) is 52.4 Å². The summed E-state index contributed by atoms with van der Waals surface area (Å²) in [6.07, 6.45) is 6.42. The molecule has 3 heteroatoms. The van der Waals surface area contributed by atoms with Crippen molar-refractivity contribution in [1.82, 2.24) is 5.32 Å². The molecule has 2 rings (SSSR count). The minimum atomic E-state index is -0.605. The van der Waals surface area contributed by atoms with Gasteiger partial charge in [0.05, 0.1) is 5.92 Å². The number of carboxylic acid groups (broad SMARTS) is 1. The fraction of sp³-hybridized carbons (Fsp3) is 0.929. The second-order valence-corrected chi connectivity index (χ2v) is 6.23. The van der Waals surface area contributed by atoms with Crippen molar-refractivity contribution in [2.75, 3.05) is 0 Å². The molecule has 0 atom stereocenters. The quantitative estimate of drug-likeness (QED) is 0.793. The lowest BCUT2D eigenvalue weighted by molar-refractivity contribution is -0.142. The van der Waals surface area contributed by atoms with E-state index in [-0.39, 0.29) is 5.92 Å². The van der Waals surface area contributed by atoms with Crippen molar-refractivity contribution in [2.24, 2.45) is 17.8 Å². The third-order valence-electron chi connectivity index (χ3n) is 4.67. The highest BCUT2D eigenvalue weighted by atomic mass is 16.4. The fourth-order valence-electron chi connectivity index (χ4n) is 3.18. The van der Waals surface area contributed by atoms with Crippen molar-refractivity contribution in [1.29, 1.82) is 0 Å². The van der Waals surface area contributed by atoms with Gasteiger partial charge in [0, 0.05) is 12.1 Å². The van der Waals surface area contributed by atoms with Crippen molar-refractivity contribution in [3.8, 4) is 0 Å². The zero-order valence-electron chi connectivity index (χ0n) is 11.0. The molecule has 2 fully saturated rings. The van der Waals surface area contributed by atoms with E-state index in [1.807, 2.05) is 0 Å². The molecule has 0 unspecified atom stereocenters. The molecule has 2 saturated carbocycles. The molecule has 0 amide bonds. The first-order chi connectivity index (χ1) is 8.06. The predicted octanol–water partition coefficient (Wildman–Crippen LogP) is 2.65. The molecule has 2 aliphatic carbocycles. The average molecular weight is 239 g/mol. The maximum absolute atomic E-state index is 10.8. The Morgan fingerprint density at radius 2 is 1.71 bits per heavy atom. The van der Waals surface area contributed by atoms with Gasteiger partial charge in [-0.2, -0.15) is 0 Å². The first-order valence-corrected chi connectivity index (χ1v) is 7.05. The zero-order chi connectivity index (χ0) is 12.4. The van der Waals surface area contributed by atoms with E-state index in [0.29, 0.717) is 12.1 Å². The topological polar surface area (TPSA) is 49.3 Å². The summed E-state index contributed by atoms with van der Waals surface area (Å²) in [7, 11) is 0. The van der Waals surface area contributed by atoms with Crippen molar-refractivity contribution in [3.63, 3.8) is 0 Å². The molecule has 2 aliphatic rings. The lowest BCUT2D eigenvalue weighted by Gasteiger charge is -2.41. The van der Waals surface area contributed by atoms with Gasteiger partial charge in [0.25, 0.3) is 0 Å². The van der Waals surface area contributed by atoms with Crippen molar-refractivity contribution < 1.29 is 9.90 Å². The van der Waals surface area contributed by atoms with E-state index in [9.17, 15) is 4.79 Å². The highest BCUT2D eigenvalue weighted by Crippen LogP contribution is 2.35. The molecule has 0 heterocycles. The Labute approximate surface area is 104 Å². The maximum atomic E-state index is 10.8. The Kier molecular flexibility index (Phi) is 4.08. The smallest absolute Gasteiger partial charge is 0.306 e. The number of carboxylic acids is 1. The minimum Gasteiger partial charge on any atom is -0.481 e. The highest BCUT2D eigenvalue weighted by Gasteiger charge is 2.34. The molecule has 17 heavy (non-hydrogen) atoms. The fourth-order valence-corrected chi connectivity index (χ4v) is 3.18. The molecule has 0 aliphatic heterocycles. The molecule has 0 aromatic heterocycles. The number of hydrogen-bond acceptors (Lipinski definition) is 2. The number of hydrogen-bond donors (Lipinski definition) is 2. The van der Waals surface area contributed by atoms with Crippen LogP contribution in [0, 0.1) is 17.8 Å². The lowest BCUT2D eigenvalue weighted by Crippen LogP contribution is -2.48. The van der Waals surface area contributed by atoms with Gasteiger partial charge >= 0.3 is 5.97 Å². The first-order valence-electron chi connectivity index (χ1n) is 7.05. The molecule has 0 spiro atoms. The monoisotopic (exact) mass is 239 g/mol. The Bertz CT molecular complexity index is 263. The summed E-state index contributed by atoms with van der Waals surface area (Å²) in [5.41, 5.74) is 0. The summed E-state index contributed by atoms with van der Waals surface area (Å²) in [5, 5.41) is 12.6. The van der Waals surface area contributed by atoms with Crippen LogP contribution < -0.4 is 5.32 Å². The number of rotatable bonds is 4.